The van der Waals surface area contributed by atoms with Crippen LogP contribution in [-0.2, 0) is 13.6 Å². The van der Waals surface area contributed by atoms with E-state index in [1.54, 1.807) is 13.4 Å². The number of pyridine rings is 1. The molecule has 2 N–H and O–H groups in total. The van der Waals surface area contributed by atoms with Crippen molar-refractivity contribution in [1.29, 1.82) is 0 Å². The van der Waals surface area contributed by atoms with E-state index in [0.29, 0.717) is 27.2 Å². The first-order valence-electron chi connectivity index (χ1n) is 7.99. The number of rotatable bonds is 4. The Hall–Kier alpha value is -3.14. The predicted molar refractivity (Wildman–Crippen MR) is 98.8 cm³/mol. The fraction of sp³-hybridized carbons (Fsp3) is 0.176. The second kappa shape index (κ2) is 6.54. The molecule has 4 rings (SSSR count). The van der Waals surface area contributed by atoms with Crippen LogP contribution < -0.4 is 10.6 Å². The summed E-state index contributed by atoms with van der Waals surface area (Å²) in [5.41, 5.74) is 2.49. The van der Waals surface area contributed by atoms with Crippen LogP contribution in [0, 0.1) is 11.6 Å². The summed E-state index contributed by atoms with van der Waals surface area (Å²) in [6.07, 6.45) is 1.66. The van der Waals surface area contributed by atoms with E-state index in [1.165, 1.54) is 6.07 Å². The lowest BCUT2D eigenvalue weighted by Gasteiger charge is -2.03. The summed E-state index contributed by atoms with van der Waals surface area (Å²) in [4.78, 5) is 26.3. The summed E-state index contributed by atoms with van der Waals surface area (Å²) in [6, 6.07) is 3.49. The molecule has 0 saturated carbocycles. The number of hydrogen-bond donors (Lipinski definition) is 2. The summed E-state index contributed by atoms with van der Waals surface area (Å²) in [7, 11) is 3.59. The van der Waals surface area contributed by atoms with Crippen LogP contribution in [0.25, 0.3) is 21.4 Å². The minimum atomic E-state index is -0.955. The summed E-state index contributed by atoms with van der Waals surface area (Å²) < 4.78 is 28.1. The van der Waals surface area contributed by atoms with E-state index in [-0.39, 0.29) is 11.6 Å². The van der Waals surface area contributed by atoms with Crippen LogP contribution in [0.1, 0.15) is 15.4 Å². The highest BCUT2D eigenvalue weighted by molar-refractivity contribution is 7.20. The molecule has 4 aromatic rings. The minimum Gasteiger partial charge on any atom is -0.371 e. The van der Waals surface area contributed by atoms with E-state index in [0.717, 1.165) is 29.0 Å². The minimum absolute atomic E-state index is 0.0578. The predicted octanol–water partition coefficient (Wildman–Crippen LogP) is 2.83. The van der Waals surface area contributed by atoms with E-state index in [9.17, 15) is 13.6 Å². The SMILES string of the molecule is CNc1nc2sc(C(=O)NCc3ccc(F)c(F)c3)nc2c2c1ncn2C. The number of hydrogen-bond acceptors (Lipinski definition) is 6. The van der Waals surface area contributed by atoms with Crippen molar-refractivity contribution in [2.45, 2.75) is 6.54 Å². The van der Waals surface area contributed by atoms with E-state index in [4.69, 9.17) is 0 Å². The molecule has 0 radical (unpaired) electrons. The highest BCUT2D eigenvalue weighted by Crippen LogP contribution is 2.31. The van der Waals surface area contributed by atoms with Crippen LogP contribution in [0.5, 0.6) is 0 Å². The van der Waals surface area contributed by atoms with Crippen molar-refractivity contribution in [3.8, 4) is 0 Å². The molecule has 138 valence electrons. The number of nitrogens with zero attached hydrogens (tertiary/aromatic N) is 4. The van der Waals surface area contributed by atoms with Gasteiger partial charge < -0.3 is 15.2 Å². The average molecular weight is 388 g/mol. The maximum atomic E-state index is 13.3. The van der Waals surface area contributed by atoms with Gasteiger partial charge in [0.15, 0.2) is 22.5 Å². The number of amides is 1. The van der Waals surface area contributed by atoms with Crippen LogP contribution in [0.2, 0.25) is 0 Å². The van der Waals surface area contributed by atoms with Crippen LogP contribution in [0.15, 0.2) is 24.5 Å². The second-order valence-corrected chi connectivity index (χ2v) is 6.84. The van der Waals surface area contributed by atoms with Gasteiger partial charge in [0.05, 0.1) is 6.33 Å². The molecule has 0 bridgehead atoms. The van der Waals surface area contributed by atoms with Gasteiger partial charge in [0, 0.05) is 20.6 Å². The van der Waals surface area contributed by atoms with Crippen LogP contribution in [0.3, 0.4) is 0 Å². The molecule has 3 heterocycles. The maximum Gasteiger partial charge on any atom is 0.280 e. The Morgan fingerprint density at radius 1 is 1.22 bits per heavy atom. The Morgan fingerprint density at radius 3 is 2.78 bits per heavy atom. The molecule has 0 aliphatic rings. The lowest BCUT2D eigenvalue weighted by Crippen LogP contribution is -2.22. The van der Waals surface area contributed by atoms with Gasteiger partial charge >= 0.3 is 0 Å². The summed E-state index contributed by atoms with van der Waals surface area (Å²) >= 11 is 1.15. The van der Waals surface area contributed by atoms with Gasteiger partial charge in [-0.15, -0.1) is 0 Å². The average Bonchev–Trinajstić information content (AvgIpc) is 3.25. The third-order valence-corrected chi connectivity index (χ3v) is 5.02. The number of aromatic nitrogens is 4. The number of anilines is 1. The molecule has 0 aliphatic heterocycles. The quantitative estimate of drug-likeness (QED) is 0.562. The molecule has 0 spiro atoms. The number of carbonyl (C=O) groups excluding carboxylic acids is 1. The molecule has 0 fully saturated rings. The van der Waals surface area contributed by atoms with E-state index >= 15 is 0 Å². The first kappa shape index (κ1) is 17.3. The Balaban J connectivity index is 1.65. The molecular weight excluding hydrogens is 374 g/mol. The molecule has 0 saturated heterocycles. The first-order valence-corrected chi connectivity index (χ1v) is 8.81. The number of benzene rings is 1. The third-order valence-electron chi connectivity index (χ3n) is 4.08. The molecular formula is C17H14F2N6OS. The number of imidazole rings is 1. The highest BCUT2D eigenvalue weighted by Gasteiger charge is 2.19. The topological polar surface area (TPSA) is 84.7 Å². The zero-order chi connectivity index (χ0) is 19.1. The van der Waals surface area contributed by atoms with Crippen molar-refractivity contribution >= 4 is 44.4 Å². The second-order valence-electron chi connectivity index (χ2n) is 5.87. The fourth-order valence-electron chi connectivity index (χ4n) is 2.76. The zero-order valence-electron chi connectivity index (χ0n) is 14.4. The molecule has 1 aromatic carbocycles. The van der Waals surface area contributed by atoms with Gasteiger partial charge in [-0.25, -0.2) is 23.7 Å². The molecule has 10 heteroatoms. The monoisotopic (exact) mass is 388 g/mol. The Kier molecular flexibility index (Phi) is 4.19. The van der Waals surface area contributed by atoms with Crippen LogP contribution in [-0.4, -0.2) is 32.5 Å². The van der Waals surface area contributed by atoms with E-state index in [2.05, 4.69) is 25.6 Å². The van der Waals surface area contributed by atoms with Crippen LogP contribution >= 0.6 is 11.3 Å². The highest BCUT2D eigenvalue weighted by atomic mass is 32.1. The normalized spacial score (nSPS) is 11.3. The molecule has 7 nitrogen and oxygen atoms in total. The Labute approximate surface area is 156 Å². The van der Waals surface area contributed by atoms with E-state index < -0.39 is 17.5 Å². The van der Waals surface area contributed by atoms with Gasteiger partial charge in [-0.3, -0.25) is 4.79 Å². The molecule has 0 unspecified atom stereocenters. The summed E-state index contributed by atoms with van der Waals surface area (Å²) in [5, 5.41) is 5.89. The van der Waals surface area contributed by atoms with Gasteiger partial charge in [0.1, 0.15) is 21.4 Å². The summed E-state index contributed by atoms with van der Waals surface area (Å²) in [5.74, 6) is -1.69. The molecule has 27 heavy (non-hydrogen) atoms. The number of nitrogens with one attached hydrogen (secondary N) is 2. The van der Waals surface area contributed by atoms with Gasteiger partial charge in [-0.2, -0.15) is 0 Å². The zero-order valence-corrected chi connectivity index (χ0v) is 15.2. The molecule has 0 aliphatic carbocycles. The number of carbonyl (C=O) groups is 1. The Morgan fingerprint density at radius 2 is 2.04 bits per heavy atom. The van der Waals surface area contributed by atoms with Crippen molar-refractivity contribution in [2.75, 3.05) is 12.4 Å². The summed E-state index contributed by atoms with van der Waals surface area (Å²) in [6.45, 7) is 0.0578. The maximum absolute atomic E-state index is 13.3. The number of fused-ring (bicyclic) bond motifs is 3. The van der Waals surface area contributed by atoms with Gasteiger partial charge in [0.2, 0.25) is 0 Å². The number of halogens is 2. The standard InChI is InChI=1S/C17H14F2N6OS/c1-20-14-11-13(25(2)7-22-11)12-16(24-14)27-17(23-12)15(26)21-6-8-3-4-9(18)10(19)5-8/h3-5,7H,6H2,1-2H3,(H,20,24)(H,21,26). The lowest BCUT2D eigenvalue weighted by molar-refractivity contribution is 0.0950. The Bertz CT molecular complexity index is 1190. The fourth-order valence-corrected chi connectivity index (χ4v) is 3.62. The first-order chi connectivity index (χ1) is 13.0. The van der Waals surface area contributed by atoms with Crippen molar-refractivity contribution in [1.82, 2.24) is 24.8 Å². The van der Waals surface area contributed by atoms with E-state index in [1.807, 2.05) is 11.6 Å². The van der Waals surface area contributed by atoms with Crippen LogP contribution in [0.4, 0.5) is 14.6 Å². The van der Waals surface area contributed by atoms with Crippen molar-refractivity contribution in [3.63, 3.8) is 0 Å². The van der Waals surface area contributed by atoms with Gasteiger partial charge in [-0.05, 0) is 17.7 Å². The number of aryl methyl sites for hydroxylation is 1. The van der Waals surface area contributed by atoms with Crippen molar-refractivity contribution in [3.05, 3.63) is 46.7 Å². The van der Waals surface area contributed by atoms with Gasteiger partial charge in [-0.1, -0.05) is 17.4 Å². The smallest absolute Gasteiger partial charge is 0.280 e. The lowest BCUT2D eigenvalue weighted by atomic mass is 10.2. The van der Waals surface area contributed by atoms with Crippen molar-refractivity contribution in [2.24, 2.45) is 7.05 Å². The third kappa shape index (κ3) is 2.97. The number of thiazole rings is 1. The van der Waals surface area contributed by atoms with Gasteiger partial charge in [0.25, 0.3) is 5.91 Å². The molecule has 3 aromatic heterocycles. The molecule has 1 amide bonds. The van der Waals surface area contributed by atoms with Crippen molar-refractivity contribution < 1.29 is 13.6 Å². The largest absolute Gasteiger partial charge is 0.371 e. The molecule has 0 atom stereocenters.